The Hall–Kier alpha value is -2.24. The summed E-state index contributed by atoms with van der Waals surface area (Å²) in [6.07, 6.45) is 5.40. The van der Waals surface area contributed by atoms with Crippen LogP contribution in [0.4, 0.5) is 4.79 Å². The molecule has 0 aromatic heterocycles. The van der Waals surface area contributed by atoms with Crippen molar-refractivity contribution in [1.82, 2.24) is 0 Å². The van der Waals surface area contributed by atoms with Gasteiger partial charge in [0.2, 0.25) is 0 Å². The van der Waals surface area contributed by atoms with Crippen molar-refractivity contribution in [2.24, 2.45) is 5.73 Å². The smallest absolute Gasteiger partial charge is 0.405 e. The molecule has 1 aromatic carbocycles. The average Bonchev–Trinajstić information content (AvgIpc) is 2.59. The summed E-state index contributed by atoms with van der Waals surface area (Å²) in [5.74, 6) is 0.394. The second-order valence-corrected chi connectivity index (χ2v) is 7.79. The molecule has 0 saturated heterocycles. The van der Waals surface area contributed by atoms with Crippen molar-refractivity contribution in [3.05, 3.63) is 29.8 Å². The first-order valence-electron chi connectivity index (χ1n) is 9.60. The fourth-order valence-corrected chi connectivity index (χ4v) is 3.05. The quantitative estimate of drug-likeness (QED) is 0.761. The van der Waals surface area contributed by atoms with Gasteiger partial charge in [-0.15, -0.1) is 0 Å². The van der Waals surface area contributed by atoms with Crippen molar-refractivity contribution in [2.45, 2.75) is 83.8 Å². The standard InChI is InChI=1S/C16H22O3.C5H11NO2/c1-2-15(16(17)18)19-14-10-6-9-13(11-14)12-7-4-3-5-8-12;1-5(2,3)8-4(6)7/h6,9-12,15H,2-5,7-8H2,1H3,(H,17,18);1-3H3,(H2,6,7). The maximum absolute atomic E-state index is 11.0. The first kappa shape index (κ1) is 22.8. The van der Waals surface area contributed by atoms with Gasteiger partial charge in [0, 0.05) is 0 Å². The van der Waals surface area contributed by atoms with Crippen LogP contribution in [0.2, 0.25) is 0 Å². The highest BCUT2D eigenvalue weighted by Gasteiger charge is 2.19. The Morgan fingerprint density at radius 1 is 1.22 bits per heavy atom. The summed E-state index contributed by atoms with van der Waals surface area (Å²) in [7, 11) is 0. The Labute approximate surface area is 162 Å². The third-order valence-electron chi connectivity index (χ3n) is 4.27. The lowest BCUT2D eigenvalue weighted by Gasteiger charge is -2.22. The first-order valence-corrected chi connectivity index (χ1v) is 9.60. The lowest BCUT2D eigenvalue weighted by atomic mass is 9.84. The van der Waals surface area contributed by atoms with Crippen molar-refractivity contribution < 1.29 is 24.2 Å². The number of benzene rings is 1. The highest BCUT2D eigenvalue weighted by Crippen LogP contribution is 2.34. The van der Waals surface area contributed by atoms with Crippen LogP contribution in [0.3, 0.4) is 0 Å². The van der Waals surface area contributed by atoms with Gasteiger partial charge in [0.15, 0.2) is 6.10 Å². The number of amides is 1. The van der Waals surface area contributed by atoms with Gasteiger partial charge in [0.1, 0.15) is 11.4 Å². The van der Waals surface area contributed by atoms with Crippen molar-refractivity contribution in [1.29, 1.82) is 0 Å². The van der Waals surface area contributed by atoms with Gasteiger partial charge in [0.05, 0.1) is 0 Å². The number of ether oxygens (including phenoxy) is 2. The monoisotopic (exact) mass is 379 g/mol. The lowest BCUT2D eigenvalue weighted by Crippen LogP contribution is -2.27. The number of carbonyl (C=O) groups is 2. The molecule has 0 bridgehead atoms. The number of hydrogen-bond acceptors (Lipinski definition) is 4. The molecule has 1 saturated carbocycles. The van der Waals surface area contributed by atoms with Crippen molar-refractivity contribution >= 4 is 12.1 Å². The van der Waals surface area contributed by atoms with Gasteiger partial charge >= 0.3 is 12.1 Å². The molecule has 0 radical (unpaired) electrons. The molecule has 2 rings (SSSR count). The van der Waals surface area contributed by atoms with E-state index in [2.05, 4.69) is 10.8 Å². The van der Waals surface area contributed by atoms with Gasteiger partial charge in [-0.1, -0.05) is 38.3 Å². The van der Waals surface area contributed by atoms with Crippen LogP contribution < -0.4 is 10.5 Å². The zero-order chi connectivity index (χ0) is 20.4. The number of primary amides is 1. The fraction of sp³-hybridized carbons (Fsp3) is 0.619. The summed E-state index contributed by atoms with van der Waals surface area (Å²) in [6.45, 7) is 7.11. The summed E-state index contributed by atoms with van der Waals surface area (Å²) < 4.78 is 10.1. The largest absolute Gasteiger partial charge is 0.479 e. The molecule has 0 aliphatic heterocycles. The molecule has 1 atom stereocenters. The van der Waals surface area contributed by atoms with E-state index in [-0.39, 0.29) is 0 Å². The summed E-state index contributed by atoms with van der Waals surface area (Å²) in [6, 6.07) is 7.96. The van der Waals surface area contributed by atoms with Crippen LogP contribution in [-0.4, -0.2) is 28.9 Å². The first-order chi connectivity index (χ1) is 12.6. The summed E-state index contributed by atoms with van der Waals surface area (Å²) in [5, 5.41) is 9.03. The third-order valence-corrected chi connectivity index (χ3v) is 4.27. The molecular formula is C21H33NO5. The molecule has 6 nitrogen and oxygen atoms in total. The van der Waals surface area contributed by atoms with Crippen molar-refractivity contribution in [3.8, 4) is 5.75 Å². The van der Waals surface area contributed by atoms with E-state index in [1.54, 1.807) is 20.8 Å². The molecular weight excluding hydrogens is 346 g/mol. The Morgan fingerprint density at radius 2 is 1.85 bits per heavy atom. The van der Waals surface area contributed by atoms with E-state index in [9.17, 15) is 9.59 Å². The van der Waals surface area contributed by atoms with Crippen LogP contribution in [-0.2, 0) is 9.53 Å². The van der Waals surface area contributed by atoms with Crippen molar-refractivity contribution in [3.63, 3.8) is 0 Å². The minimum atomic E-state index is -0.898. The summed E-state index contributed by atoms with van der Waals surface area (Å²) >= 11 is 0. The third kappa shape index (κ3) is 9.31. The molecule has 6 heteroatoms. The van der Waals surface area contributed by atoms with E-state index >= 15 is 0 Å². The van der Waals surface area contributed by atoms with Gasteiger partial charge in [-0.3, -0.25) is 0 Å². The van der Waals surface area contributed by atoms with E-state index in [1.165, 1.54) is 37.7 Å². The minimum Gasteiger partial charge on any atom is -0.479 e. The number of nitrogens with two attached hydrogens (primary N) is 1. The predicted octanol–water partition coefficient (Wildman–Crippen LogP) is 4.86. The number of carbonyl (C=O) groups excluding carboxylic acids is 1. The molecule has 1 aromatic rings. The number of carboxylic acid groups (broad SMARTS) is 1. The minimum absolute atomic E-state index is 0.453. The second kappa shape index (κ2) is 10.8. The molecule has 3 N–H and O–H groups in total. The van der Waals surface area contributed by atoms with E-state index in [0.29, 0.717) is 18.1 Å². The van der Waals surface area contributed by atoms with Crippen molar-refractivity contribution in [2.75, 3.05) is 0 Å². The zero-order valence-electron chi connectivity index (χ0n) is 16.9. The van der Waals surface area contributed by atoms with E-state index in [0.717, 1.165) is 0 Å². The highest BCUT2D eigenvalue weighted by atomic mass is 16.6. The summed E-state index contributed by atoms with van der Waals surface area (Å²) in [4.78, 5) is 21.0. The topological polar surface area (TPSA) is 98.9 Å². The molecule has 152 valence electrons. The average molecular weight is 379 g/mol. The normalized spacial score (nSPS) is 15.9. The van der Waals surface area contributed by atoms with E-state index in [1.807, 2.05) is 25.1 Å². The number of aliphatic carboxylic acids is 1. The molecule has 0 heterocycles. The Bertz CT molecular complexity index is 603. The number of hydrogen-bond donors (Lipinski definition) is 2. The fourth-order valence-electron chi connectivity index (χ4n) is 3.05. The Kier molecular flexibility index (Phi) is 9.12. The van der Waals surface area contributed by atoms with Gasteiger partial charge in [-0.05, 0) is 63.6 Å². The molecule has 0 spiro atoms. The zero-order valence-corrected chi connectivity index (χ0v) is 16.9. The van der Waals surface area contributed by atoms with Crippen LogP contribution >= 0.6 is 0 Å². The van der Waals surface area contributed by atoms with Crippen LogP contribution in [0, 0.1) is 0 Å². The number of carboxylic acids is 1. The Balaban J connectivity index is 0.000000387. The molecule has 1 aliphatic rings. The maximum atomic E-state index is 11.0. The predicted molar refractivity (Wildman–Crippen MR) is 105 cm³/mol. The lowest BCUT2D eigenvalue weighted by molar-refractivity contribution is -0.145. The van der Waals surface area contributed by atoms with Crippen LogP contribution in [0.15, 0.2) is 24.3 Å². The van der Waals surface area contributed by atoms with Gasteiger partial charge in [-0.2, -0.15) is 0 Å². The van der Waals surface area contributed by atoms with Gasteiger partial charge < -0.3 is 20.3 Å². The number of rotatable bonds is 5. The molecule has 1 aliphatic carbocycles. The van der Waals surface area contributed by atoms with Crippen LogP contribution in [0.5, 0.6) is 5.75 Å². The highest BCUT2D eigenvalue weighted by molar-refractivity contribution is 5.72. The maximum Gasteiger partial charge on any atom is 0.405 e. The summed E-state index contributed by atoms with van der Waals surface area (Å²) in [5.41, 5.74) is 5.55. The molecule has 1 amide bonds. The van der Waals surface area contributed by atoms with Crippen LogP contribution in [0.25, 0.3) is 0 Å². The van der Waals surface area contributed by atoms with Crippen LogP contribution in [0.1, 0.15) is 77.7 Å². The molecule has 27 heavy (non-hydrogen) atoms. The van der Waals surface area contributed by atoms with Gasteiger partial charge in [-0.25, -0.2) is 9.59 Å². The van der Waals surface area contributed by atoms with E-state index < -0.39 is 23.8 Å². The Morgan fingerprint density at radius 3 is 2.30 bits per heavy atom. The van der Waals surface area contributed by atoms with E-state index in [4.69, 9.17) is 15.6 Å². The molecule has 1 unspecified atom stereocenters. The van der Waals surface area contributed by atoms with Gasteiger partial charge in [0.25, 0.3) is 0 Å². The SMILES string of the molecule is CC(C)(C)OC(N)=O.CCC(Oc1cccc(C2CCCCC2)c1)C(=O)O. The second-order valence-electron chi connectivity index (χ2n) is 7.79. The molecule has 1 fully saturated rings.